The SMILES string of the molecule is COc1cc(F)c(C(O)C(C)C2CC2)cc1OC. The van der Waals surface area contributed by atoms with Crippen LogP contribution in [0.1, 0.15) is 31.4 Å². The highest BCUT2D eigenvalue weighted by molar-refractivity contribution is 5.44. The van der Waals surface area contributed by atoms with Crippen LogP contribution in [0, 0.1) is 17.7 Å². The molecule has 2 unspecified atom stereocenters. The Kier molecular flexibility index (Phi) is 3.76. The van der Waals surface area contributed by atoms with E-state index in [1.54, 1.807) is 0 Å². The number of methoxy groups -OCH3 is 2. The molecular weight excluding hydrogens is 235 g/mol. The van der Waals surface area contributed by atoms with Crippen molar-refractivity contribution in [2.75, 3.05) is 14.2 Å². The Morgan fingerprint density at radius 3 is 2.28 bits per heavy atom. The molecule has 1 aromatic carbocycles. The Labute approximate surface area is 107 Å². The molecule has 0 radical (unpaired) electrons. The first-order valence-electron chi connectivity index (χ1n) is 6.18. The fraction of sp³-hybridized carbons (Fsp3) is 0.571. The maximum atomic E-state index is 14.0. The molecule has 1 saturated carbocycles. The Bertz CT molecular complexity index is 429. The van der Waals surface area contributed by atoms with E-state index in [1.165, 1.54) is 26.4 Å². The molecule has 1 aliphatic carbocycles. The van der Waals surface area contributed by atoms with Crippen LogP contribution in [0.3, 0.4) is 0 Å². The molecule has 18 heavy (non-hydrogen) atoms. The van der Waals surface area contributed by atoms with E-state index in [0.29, 0.717) is 17.4 Å². The van der Waals surface area contributed by atoms with Crippen LogP contribution in [0.15, 0.2) is 12.1 Å². The molecule has 2 rings (SSSR count). The summed E-state index contributed by atoms with van der Waals surface area (Å²) in [5.74, 6) is 0.902. The molecule has 0 heterocycles. The van der Waals surface area contributed by atoms with Gasteiger partial charge in [-0.05, 0) is 30.7 Å². The molecule has 1 aromatic rings. The van der Waals surface area contributed by atoms with Crippen LogP contribution in [0.25, 0.3) is 0 Å². The summed E-state index contributed by atoms with van der Waals surface area (Å²) in [5.41, 5.74) is 0.284. The second-order valence-corrected chi connectivity index (χ2v) is 4.87. The summed E-state index contributed by atoms with van der Waals surface area (Å²) >= 11 is 0. The second kappa shape index (κ2) is 5.14. The van der Waals surface area contributed by atoms with Crippen molar-refractivity contribution in [1.29, 1.82) is 0 Å². The quantitative estimate of drug-likeness (QED) is 0.878. The highest BCUT2D eigenvalue weighted by Gasteiger charge is 2.34. The number of rotatable bonds is 5. The third-order valence-corrected chi connectivity index (χ3v) is 3.69. The summed E-state index contributed by atoms with van der Waals surface area (Å²) in [5, 5.41) is 10.2. The van der Waals surface area contributed by atoms with Gasteiger partial charge in [0.1, 0.15) is 5.82 Å². The van der Waals surface area contributed by atoms with Crippen LogP contribution in [0.4, 0.5) is 4.39 Å². The number of hydrogen-bond donors (Lipinski definition) is 1. The van der Waals surface area contributed by atoms with Gasteiger partial charge >= 0.3 is 0 Å². The fourth-order valence-corrected chi connectivity index (χ4v) is 2.26. The minimum Gasteiger partial charge on any atom is -0.493 e. The molecule has 4 heteroatoms. The molecule has 0 spiro atoms. The van der Waals surface area contributed by atoms with Crippen molar-refractivity contribution >= 4 is 0 Å². The first-order valence-corrected chi connectivity index (χ1v) is 6.18. The highest BCUT2D eigenvalue weighted by atomic mass is 19.1. The van der Waals surface area contributed by atoms with Crippen LogP contribution in [-0.4, -0.2) is 19.3 Å². The molecule has 100 valence electrons. The van der Waals surface area contributed by atoms with Gasteiger partial charge in [-0.25, -0.2) is 4.39 Å². The third kappa shape index (κ3) is 2.43. The number of aliphatic hydroxyl groups excluding tert-OH is 1. The lowest BCUT2D eigenvalue weighted by Gasteiger charge is -2.20. The van der Waals surface area contributed by atoms with E-state index in [2.05, 4.69) is 0 Å². The largest absolute Gasteiger partial charge is 0.493 e. The van der Waals surface area contributed by atoms with Gasteiger partial charge in [0.2, 0.25) is 0 Å². The lowest BCUT2D eigenvalue weighted by atomic mass is 9.93. The monoisotopic (exact) mass is 254 g/mol. The Morgan fingerprint density at radius 2 is 1.78 bits per heavy atom. The number of ether oxygens (including phenoxy) is 2. The summed E-state index contributed by atoms with van der Waals surface area (Å²) < 4.78 is 24.1. The average Bonchev–Trinajstić information content (AvgIpc) is 3.20. The van der Waals surface area contributed by atoms with E-state index in [-0.39, 0.29) is 11.5 Å². The Hall–Kier alpha value is -1.29. The number of benzene rings is 1. The fourth-order valence-electron chi connectivity index (χ4n) is 2.26. The van der Waals surface area contributed by atoms with Gasteiger partial charge in [-0.15, -0.1) is 0 Å². The normalized spacial score (nSPS) is 18.3. The molecular formula is C14H19FO3. The molecule has 2 atom stereocenters. The van der Waals surface area contributed by atoms with E-state index in [4.69, 9.17) is 9.47 Å². The third-order valence-electron chi connectivity index (χ3n) is 3.69. The molecule has 0 aliphatic heterocycles. The van der Waals surface area contributed by atoms with Crippen molar-refractivity contribution in [3.05, 3.63) is 23.5 Å². The van der Waals surface area contributed by atoms with Crippen LogP contribution >= 0.6 is 0 Å². The van der Waals surface area contributed by atoms with Gasteiger partial charge in [0.15, 0.2) is 11.5 Å². The van der Waals surface area contributed by atoms with Crippen molar-refractivity contribution < 1.29 is 19.0 Å². The van der Waals surface area contributed by atoms with Gasteiger partial charge < -0.3 is 14.6 Å². The van der Waals surface area contributed by atoms with E-state index in [9.17, 15) is 9.50 Å². The molecule has 1 aliphatic rings. The van der Waals surface area contributed by atoms with Crippen molar-refractivity contribution in [2.24, 2.45) is 11.8 Å². The lowest BCUT2D eigenvalue weighted by molar-refractivity contribution is 0.102. The van der Waals surface area contributed by atoms with Gasteiger partial charge in [-0.3, -0.25) is 0 Å². The van der Waals surface area contributed by atoms with Crippen molar-refractivity contribution in [2.45, 2.75) is 25.9 Å². The molecule has 0 saturated heterocycles. The summed E-state index contributed by atoms with van der Waals surface area (Å²) in [6.07, 6.45) is 1.44. The van der Waals surface area contributed by atoms with E-state index >= 15 is 0 Å². The van der Waals surface area contributed by atoms with E-state index in [1.807, 2.05) is 6.92 Å². The van der Waals surface area contributed by atoms with Gasteiger partial charge in [-0.2, -0.15) is 0 Å². The number of aliphatic hydroxyl groups is 1. The predicted molar refractivity (Wildman–Crippen MR) is 66.4 cm³/mol. The van der Waals surface area contributed by atoms with Crippen LogP contribution < -0.4 is 9.47 Å². The molecule has 0 aromatic heterocycles. The van der Waals surface area contributed by atoms with Crippen molar-refractivity contribution in [3.63, 3.8) is 0 Å². The summed E-state index contributed by atoms with van der Waals surface area (Å²) in [6.45, 7) is 1.96. The summed E-state index contributed by atoms with van der Waals surface area (Å²) in [4.78, 5) is 0. The Balaban J connectivity index is 2.31. The van der Waals surface area contributed by atoms with E-state index in [0.717, 1.165) is 12.8 Å². The van der Waals surface area contributed by atoms with Crippen LogP contribution in [0.2, 0.25) is 0 Å². The first kappa shape index (κ1) is 13.1. The molecule has 1 fully saturated rings. The zero-order valence-electron chi connectivity index (χ0n) is 10.9. The molecule has 0 amide bonds. The van der Waals surface area contributed by atoms with Gasteiger partial charge in [0.25, 0.3) is 0 Å². The predicted octanol–water partition coefficient (Wildman–Crippen LogP) is 2.92. The number of hydrogen-bond acceptors (Lipinski definition) is 3. The average molecular weight is 254 g/mol. The standard InChI is InChI=1S/C14H19FO3/c1-8(9-4-5-9)14(16)10-6-12(17-2)13(18-3)7-11(10)15/h6-9,14,16H,4-5H2,1-3H3. The van der Waals surface area contributed by atoms with Gasteiger partial charge in [-0.1, -0.05) is 6.92 Å². The summed E-state index contributed by atoms with van der Waals surface area (Å²) in [7, 11) is 2.95. The molecule has 1 N–H and O–H groups in total. The zero-order chi connectivity index (χ0) is 13.3. The maximum Gasteiger partial charge on any atom is 0.163 e. The van der Waals surface area contributed by atoms with Crippen LogP contribution in [-0.2, 0) is 0 Å². The topological polar surface area (TPSA) is 38.7 Å². The lowest BCUT2D eigenvalue weighted by Crippen LogP contribution is -2.13. The number of halogens is 1. The second-order valence-electron chi connectivity index (χ2n) is 4.87. The van der Waals surface area contributed by atoms with Gasteiger partial charge in [0, 0.05) is 11.6 Å². The maximum absolute atomic E-state index is 14.0. The summed E-state index contributed by atoms with van der Waals surface area (Å²) in [6, 6.07) is 2.79. The minimum absolute atomic E-state index is 0.0672. The zero-order valence-corrected chi connectivity index (χ0v) is 10.9. The molecule has 3 nitrogen and oxygen atoms in total. The van der Waals surface area contributed by atoms with E-state index < -0.39 is 11.9 Å². The molecule has 0 bridgehead atoms. The van der Waals surface area contributed by atoms with Crippen LogP contribution in [0.5, 0.6) is 11.5 Å². The minimum atomic E-state index is -0.794. The first-order chi connectivity index (χ1) is 8.58. The van der Waals surface area contributed by atoms with Gasteiger partial charge in [0.05, 0.1) is 20.3 Å². The Morgan fingerprint density at radius 1 is 1.22 bits per heavy atom. The highest BCUT2D eigenvalue weighted by Crippen LogP contribution is 2.44. The smallest absolute Gasteiger partial charge is 0.163 e. The van der Waals surface area contributed by atoms with Crippen molar-refractivity contribution in [3.8, 4) is 11.5 Å². The van der Waals surface area contributed by atoms with Crippen molar-refractivity contribution in [1.82, 2.24) is 0 Å².